The molecule has 1 fully saturated rings. The molecule has 1 aromatic heterocycles. The lowest BCUT2D eigenvalue weighted by atomic mass is 10.1. The fourth-order valence-corrected chi connectivity index (χ4v) is 2.94. The normalized spacial score (nSPS) is 19.3. The van der Waals surface area contributed by atoms with Crippen molar-refractivity contribution in [1.82, 2.24) is 15.3 Å². The van der Waals surface area contributed by atoms with Gasteiger partial charge in [0.15, 0.2) is 0 Å². The molecule has 0 radical (unpaired) electrons. The van der Waals surface area contributed by atoms with Crippen LogP contribution in [0, 0.1) is 13.8 Å². The number of rotatable bonds is 5. The molecule has 1 aromatic carbocycles. The predicted octanol–water partition coefficient (Wildman–Crippen LogP) is 1.16. The van der Waals surface area contributed by atoms with Gasteiger partial charge in [0.05, 0.1) is 12.6 Å². The van der Waals surface area contributed by atoms with Gasteiger partial charge in [0.1, 0.15) is 23.4 Å². The second kappa shape index (κ2) is 8.13. The topological polar surface area (TPSA) is 116 Å². The minimum Gasteiger partial charge on any atom is -0.486 e. The molecule has 3 rings (SSSR count). The van der Waals surface area contributed by atoms with E-state index in [-0.39, 0.29) is 18.1 Å². The summed E-state index contributed by atoms with van der Waals surface area (Å²) in [6.45, 7) is 4.46. The molecule has 8 heteroatoms. The molecule has 142 valence electrons. The summed E-state index contributed by atoms with van der Waals surface area (Å²) in [6, 6.07) is 7.97. The highest BCUT2D eigenvalue weighted by molar-refractivity contribution is 5.93. The summed E-state index contributed by atoms with van der Waals surface area (Å²) in [5.74, 6) is 0.356. The molecule has 3 N–H and O–H groups in total. The Balaban J connectivity index is 1.69. The van der Waals surface area contributed by atoms with E-state index < -0.39 is 5.91 Å². The van der Waals surface area contributed by atoms with Crippen molar-refractivity contribution in [3.05, 3.63) is 53.1 Å². The summed E-state index contributed by atoms with van der Waals surface area (Å²) in [4.78, 5) is 32.1. The molecule has 1 aliphatic rings. The lowest BCUT2D eigenvalue weighted by molar-refractivity contribution is -0.0135. The summed E-state index contributed by atoms with van der Waals surface area (Å²) in [5, 5.41) is 2.98. The first-order valence-electron chi connectivity index (χ1n) is 8.70. The van der Waals surface area contributed by atoms with Crippen molar-refractivity contribution in [3.63, 3.8) is 0 Å². The standard InChI is InChI=1S/C19H22N4O4/c1-11-9-16(22-12(2)21-11)19(25)23-15-7-8-26-10-17(15)27-14-5-3-13(4-6-14)18(20)24/h3-6,9,15,17H,7-8,10H2,1-2H3,(H2,20,24)(H,23,25)/t15-,17-/m1/s1. The molecule has 2 heterocycles. The smallest absolute Gasteiger partial charge is 0.270 e. The van der Waals surface area contributed by atoms with Crippen molar-refractivity contribution in [3.8, 4) is 5.75 Å². The van der Waals surface area contributed by atoms with Crippen LogP contribution in [-0.2, 0) is 4.74 Å². The Kier molecular flexibility index (Phi) is 5.66. The molecule has 27 heavy (non-hydrogen) atoms. The van der Waals surface area contributed by atoms with E-state index in [1.54, 1.807) is 37.3 Å². The van der Waals surface area contributed by atoms with Crippen molar-refractivity contribution in [2.75, 3.05) is 13.2 Å². The summed E-state index contributed by atoms with van der Waals surface area (Å²) in [7, 11) is 0. The largest absolute Gasteiger partial charge is 0.486 e. The third-order valence-corrected chi connectivity index (χ3v) is 4.25. The van der Waals surface area contributed by atoms with Crippen molar-refractivity contribution >= 4 is 11.8 Å². The van der Waals surface area contributed by atoms with Crippen LogP contribution in [0.2, 0.25) is 0 Å². The summed E-state index contributed by atoms with van der Waals surface area (Å²) in [6.07, 6.45) is 0.268. The number of nitrogens with one attached hydrogen (secondary N) is 1. The maximum atomic E-state index is 12.6. The molecular weight excluding hydrogens is 348 g/mol. The molecule has 1 saturated heterocycles. The number of primary amides is 1. The molecule has 0 aliphatic carbocycles. The Morgan fingerprint density at radius 2 is 1.96 bits per heavy atom. The van der Waals surface area contributed by atoms with Crippen LogP contribution < -0.4 is 15.8 Å². The van der Waals surface area contributed by atoms with Gasteiger partial charge in [-0.05, 0) is 50.6 Å². The van der Waals surface area contributed by atoms with Gasteiger partial charge in [-0.3, -0.25) is 9.59 Å². The molecule has 2 aromatic rings. The Morgan fingerprint density at radius 3 is 2.63 bits per heavy atom. The maximum Gasteiger partial charge on any atom is 0.270 e. The second-order valence-corrected chi connectivity index (χ2v) is 6.43. The van der Waals surface area contributed by atoms with Crippen LogP contribution in [0.5, 0.6) is 5.75 Å². The van der Waals surface area contributed by atoms with Gasteiger partial charge in [-0.1, -0.05) is 0 Å². The van der Waals surface area contributed by atoms with E-state index in [1.165, 1.54) is 0 Å². The van der Waals surface area contributed by atoms with Gasteiger partial charge in [-0.15, -0.1) is 0 Å². The second-order valence-electron chi connectivity index (χ2n) is 6.43. The average molecular weight is 370 g/mol. The molecule has 2 atom stereocenters. The van der Waals surface area contributed by atoms with Gasteiger partial charge in [0.25, 0.3) is 5.91 Å². The molecule has 0 saturated carbocycles. The highest BCUT2D eigenvalue weighted by Crippen LogP contribution is 2.19. The number of hydrogen-bond acceptors (Lipinski definition) is 6. The van der Waals surface area contributed by atoms with Crippen LogP contribution in [0.25, 0.3) is 0 Å². The molecule has 0 bridgehead atoms. The van der Waals surface area contributed by atoms with Gasteiger partial charge in [-0.2, -0.15) is 0 Å². The van der Waals surface area contributed by atoms with Crippen molar-refractivity contribution in [2.24, 2.45) is 5.73 Å². The fourth-order valence-electron chi connectivity index (χ4n) is 2.94. The zero-order chi connectivity index (χ0) is 19.4. The first kappa shape index (κ1) is 18.8. The minimum atomic E-state index is -0.497. The Bertz CT molecular complexity index is 818. The van der Waals surface area contributed by atoms with Crippen LogP contribution in [0.4, 0.5) is 0 Å². The van der Waals surface area contributed by atoms with Gasteiger partial charge in [0, 0.05) is 17.9 Å². The Hall–Kier alpha value is -3.00. The monoisotopic (exact) mass is 370 g/mol. The van der Waals surface area contributed by atoms with E-state index in [0.717, 1.165) is 5.69 Å². The van der Waals surface area contributed by atoms with Crippen LogP contribution in [0.1, 0.15) is 38.8 Å². The van der Waals surface area contributed by atoms with E-state index in [9.17, 15) is 9.59 Å². The Morgan fingerprint density at radius 1 is 1.22 bits per heavy atom. The van der Waals surface area contributed by atoms with Crippen molar-refractivity contribution in [1.29, 1.82) is 0 Å². The number of carbonyl (C=O) groups excluding carboxylic acids is 2. The number of nitrogens with zero attached hydrogens (tertiary/aromatic N) is 2. The lowest BCUT2D eigenvalue weighted by Crippen LogP contribution is -2.51. The van der Waals surface area contributed by atoms with Crippen molar-refractivity contribution < 1.29 is 19.1 Å². The molecule has 0 spiro atoms. The van der Waals surface area contributed by atoms with Gasteiger partial charge >= 0.3 is 0 Å². The summed E-state index contributed by atoms with van der Waals surface area (Å²) >= 11 is 0. The number of carbonyl (C=O) groups is 2. The number of aryl methyl sites for hydroxylation is 2. The molecule has 1 aliphatic heterocycles. The molecule has 2 amide bonds. The molecular formula is C19H22N4O4. The van der Waals surface area contributed by atoms with Crippen LogP contribution in [0.3, 0.4) is 0 Å². The number of amides is 2. The number of ether oxygens (including phenoxy) is 2. The molecule has 0 unspecified atom stereocenters. The highest BCUT2D eigenvalue weighted by Gasteiger charge is 2.29. The SMILES string of the molecule is Cc1cc(C(=O)N[C@@H]2CCOC[C@H]2Oc2ccc(C(N)=O)cc2)nc(C)n1. The first-order chi connectivity index (χ1) is 12.9. The maximum absolute atomic E-state index is 12.6. The fraction of sp³-hybridized carbons (Fsp3) is 0.368. The Labute approximate surface area is 157 Å². The van der Waals surface area contributed by atoms with Crippen LogP contribution in [0.15, 0.2) is 30.3 Å². The van der Waals surface area contributed by atoms with E-state index in [4.69, 9.17) is 15.2 Å². The first-order valence-corrected chi connectivity index (χ1v) is 8.70. The third-order valence-electron chi connectivity index (χ3n) is 4.25. The van der Waals surface area contributed by atoms with Gasteiger partial charge in [-0.25, -0.2) is 9.97 Å². The minimum absolute atomic E-state index is 0.224. The lowest BCUT2D eigenvalue weighted by Gasteiger charge is -2.32. The van der Waals surface area contributed by atoms with E-state index in [1.807, 2.05) is 6.92 Å². The van der Waals surface area contributed by atoms with Crippen LogP contribution in [-0.4, -0.2) is 47.1 Å². The van der Waals surface area contributed by atoms with E-state index in [2.05, 4.69) is 15.3 Å². The third kappa shape index (κ3) is 4.79. The van der Waals surface area contributed by atoms with Gasteiger partial charge < -0.3 is 20.5 Å². The zero-order valence-corrected chi connectivity index (χ0v) is 15.3. The average Bonchev–Trinajstić information content (AvgIpc) is 2.63. The number of benzene rings is 1. The number of hydrogen-bond donors (Lipinski definition) is 2. The molecule has 8 nitrogen and oxygen atoms in total. The van der Waals surface area contributed by atoms with Crippen molar-refractivity contribution in [2.45, 2.75) is 32.4 Å². The summed E-state index contributed by atoms with van der Waals surface area (Å²) < 4.78 is 11.5. The number of aromatic nitrogens is 2. The zero-order valence-electron chi connectivity index (χ0n) is 15.3. The number of nitrogens with two attached hydrogens (primary N) is 1. The van der Waals surface area contributed by atoms with Crippen LogP contribution >= 0.6 is 0 Å². The highest BCUT2D eigenvalue weighted by atomic mass is 16.5. The van der Waals surface area contributed by atoms with E-state index >= 15 is 0 Å². The van der Waals surface area contributed by atoms with E-state index in [0.29, 0.717) is 42.5 Å². The summed E-state index contributed by atoms with van der Waals surface area (Å²) in [5.41, 5.74) is 6.72. The van der Waals surface area contributed by atoms with Gasteiger partial charge in [0.2, 0.25) is 5.91 Å². The predicted molar refractivity (Wildman–Crippen MR) is 97.6 cm³/mol. The quantitative estimate of drug-likeness (QED) is 0.816.